The summed E-state index contributed by atoms with van der Waals surface area (Å²) >= 11 is 0. The molecule has 78 valence electrons. The van der Waals surface area contributed by atoms with E-state index < -0.39 is 16.3 Å². The summed E-state index contributed by atoms with van der Waals surface area (Å²) < 4.78 is 8.70. The van der Waals surface area contributed by atoms with Crippen LogP contribution in [-0.4, -0.2) is 17.9 Å². The Morgan fingerprint density at radius 1 is 1.31 bits per heavy atom. The predicted molar refractivity (Wildman–Crippen MR) is 57.6 cm³/mol. The predicted octanol–water partition coefficient (Wildman–Crippen LogP) is 2.90. The molecule has 0 amide bonds. The molecule has 3 nitrogen and oxygen atoms in total. The number of hydrogen-bond acceptors (Lipinski definition) is 1. The van der Waals surface area contributed by atoms with E-state index in [0.29, 0.717) is 0 Å². The zero-order valence-corrected chi connectivity index (χ0v) is 10.6. The standard InChI is InChI=1S/C8H18Si.HO3P/c1-8-6-4-5-7-9(8,2)3;1-4(2)3/h8H,4-7H2,1-3H3;(H-,1,2,3)/p+1. The van der Waals surface area contributed by atoms with Gasteiger partial charge in [0.2, 0.25) is 0 Å². The first kappa shape index (κ1) is 13.2. The van der Waals surface area contributed by atoms with E-state index in [2.05, 4.69) is 20.0 Å². The van der Waals surface area contributed by atoms with E-state index in [-0.39, 0.29) is 0 Å². The van der Waals surface area contributed by atoms with E-state index >= 15 is 0 Å². The molecule has 1 fully saturated rings. The molecule has 1 aliphatic heterocycles. The van der Waals surface area contributed by atoms with Crippen LogP contribution in [0.5, 0.6) is 0 Å². The van der Waals surface area contributed by atoms with Crippen molar-refractivity contribution in [3.63, 3.8) is 0 Å². The summed E-state index contributed by atoms with van der Waals surface area (Å²) in [5.74, 6) is 0. The van der Waals surface area contributed by atoms with Gasteiger partial charge < -0.3 is 0 Å². The van der Waals surface area contributed by atoms with Crippen molar-refractivity contribution in [3.05, 3.63) is 0 Å². The van der Waals surface area contributed by atoms with E-state index in [1.54, 1.807) is 6.04 Å². The number of rotatable bonds is 0. The van der Waals surface area contributed by atoms with Crippen LogP contribution >= 0.6 is 8.25 Å². The molecule has 1 unspecified atom stereocenters. The van der Waals surface area contributed by atoms with Crippen LogP contribution in [-0.2, 0) is 4.57 Å². The second-order valence-electron chi connectivity index (χ2n) is 4.39. The van der Waals surface area contributed by atoms with Gasteiger partial charge in [-0.05, 0) is 5.54 Å². The zero-order chi connectivity index (χ0) is 10.5. The zero-order valence-electron chi connectivity index (χ0n) is 8.66. The first-order valence-corrected chi connectivity index (χ1v) is 9.16. The van der Waals surface area contributed by atoms with Gasteiger partial charge in [0, 0.05) is 4.57 Å². The molecule has 0 spiro atoms. The molecule has 0 saturated carbocycles. The lowest BCUT2D eigenvalue weighted by atomic mass is 10.2. The molecule has 1 rings (SSSR count). The average Bonchev–Trinajstić information content (AvgIpc) is 1.94. The summed E-state index contributed by atoms with van der Waals surface area (Å²) in [7, 11) is -3.56. The molecule has 2 N–H and O–H groups in total. The molecular weight excluding hydrogens is 203 g/mol. The van der Waals surface area contributed by atoms with Crippen molar-refractivity contribution < 1.29 is 14.4 Å². The van der Waals surface area contributed by atoms with Gasteiger partial charge in [0.25, 0.3) is 0 Å². The second kappa shape index (κ2) is 5.86. The van der Waals surface area contributed by atoms with Gasteiger partial charge in [0.1, 0.15) is 0 Å². The fourth-order valence-corrected chi connectivity index (χ4v) is 4.31. The number of hydrogen-bond donors (Lipinski definition) is 2. The van der Waals surface area contributed by atoms with E-state index in [0.717, 1.165) is 5.54 Å². The third-order valence-electron chi connectivity index (χ3n) is 3.04. The fraction of sp³-hybridized carbons (Fsp3) is 1.00. The van der Waals surface area contributed by atoms with Gasteiger partial charge in [-0.2, -0.15) is 0 Å². The van der Waals surface area contributed by atoms with Crippen molar-refractivity contribution in [1.29, 1.82) is 0 Å². The molecule has 0 aromatic rings. The lowest BCUT2D eigenvalue weighted by Crippen LogP contribution is -2.33. The highest BCUT2D eigenvalue weighted by Crippen LogP contribution is 2.36. The summed E-state index contributed by atoms with van der Waals surface area (Å²) in [6, 6.07) is 1.58. The molecule has 1 atom stereocenters. The van der Waals surface area contributed by atoms with Gasteiger partial charge in [-0.1, -0.05) is 45.3 Å². The molecular formula is C8H20O3PSi+. The topological polar surface area (TPSA) is 57.5 Å². The van der Waals surface area contributed by atoms with Gasteiger partial charge >= 0.3 is 8.25 Å². The Hall–Kier alpha value is 0.237. The average molecular weight is 223 g/mol. The summed E-state index contributed by atoms with van der Waals surface area (Å²) in [4.78, 5) is 14.2. The van der Waals surface area contributed by atoms with E-state index in [1.165, 1.54) is 19.3 Å². The Balaban J connectivity index is 0.000000310. The normalized spacial score (nSPS) is 25.8. The molecule has 13 heavy (non-hydrogen) atoms. The smallest absolute Gasteiger partial charge is 0.134 e. The van der Waals surface area contributed by atoms with Crippen molar-refractivity contribution in [2.75, 3.05) is 0 Å². The van der Waals surface area contributed by atoms with Crippen LogP contribution in [0.1, 0.15) is 26.2 Å². The summed E-state index contributed by atoms with van der Waals surface area (Å²) in [5.41, 5.74) is 1.09. The largest absolute Gasteiger partial charge is 0.692 e. The minimum absolute atomic E-state index is 0.694. The summed E-state index contributed by atoms with van der Waals surface area (Å²) in [5, 5.41) is 0. The SMILES string of the molecule is CC1CCCC[Si]1(C)C.O=[P+](O)O. The summed E-state index contributed by atoms with van der Waals surface area (Å²) in [6.45, 7) is 7.53. The maximum absolute atomic E-state index is 8.70. The molecule has 1 aliphatic rings. The van der Waals surface area contributed by atoms with E-state index in [4.69, 9.17) is 14.4 Å². The minimum Gasteiger partial charge on any atom is -0.134 e. The van der Waals surface area contributed by atoms with Crippen LogP contribution in [0.25, 0.3) is 0 Å². The van der Waals surface area contributed by atoms with Crippen LogP contribution in [0.15, 0.2) is 0 Å². The van der Waals surface area contributed by atoms with Crippen LogP contribution in [0, 0.1) is 0 Å². The molecule has 5 heteroatoms. The molecule has 0 aromatic carbocycles. The van der Waals surface area contributed by atoms with Crippen molar-refractivity contribution in [1.82, 2.24) is 0 Å². The maximum Gasteiger partial charge on any atom is 0.692 e. The second-order valence-corrected chi connectivity index (χ2v) is 10.4. The Labute approximate surface area is 82.1 Å². The lowest BCUT2D eigenvalue weighted by molar-refractivity contribution is 0.405. The van der Waals surface area contributed by atoms with Crippen molar-refractivity contribution in [2.45, 2.75) is 50.9 Å². The molecule has 1 heterocycles. The van der Waals surface area contributed by atoms with Crippen molar-refractivity contribution in [3.8, 4) is 0 Å². The third kappa shape index (κ3) is 6.33. The van der Waals surface area contributed by atoms with Gasteiger partial charge in [-0.25, -0.2) is 0 Å². The Morgan fingerprint density at radius 3 is 2.00 bits per heavy atom. The van der Waals surface area contributed by atoms with Crippen LogP contribution in [0.3, 0.4) is 0 Å². The third-order valence-corrected chi connectivity index (χ3v) is 7.64. The fourth-order valence-electron chi connectivity index (χ4n) is 1.67. The van der Waals surface area contributed by atoms with Crippen LogP contribution < -0.4 is 0 Å². The lowest BCUT2D eigenvalue weighted by Gasteiger charge is -2.34. The van der Waals surface area contributed by atoms with Gasteiger partial charge in [-0.3, -0.25) is 0 Å². The molecule has 0 aliphatic carbocycles. The van der Waals surface area contributed by atoms with Crippen LogP contribution in [0.4, 0.5) is 0 Å². The molecule has 0 bridgehead atoms. The summed E-state index contributed by atoms with van der Waals surface area (Å²) in [6.07, 6.45) is 4.53. The Kier molecular flexibility index (Phi) is 5.97. The van der Waals surface area contributed by atoms with E-state index in [1.807, 2.05) is 0 Å². The Morgan fingerprint density at radius 2 is 1.77 bits per heavy atom. The molecule has 0 aromatic heterocycles. The highest BCUT2D eigenvalue weighted by Gasteiger charge is 2.30. The first-order valence-electron chi connectivity index (χ1n) is 4.71. The first-order chi connectivity index (χ1) is 5.86. The minimum atomic E-state index is -2.87. The van der Waals surface area contributed by atoms with Gasteiger partial charge in [0.15, 0.2) is 0 Å². The highest BCUT2D eigenvalue weighted by atomic mass is 31.1. The molecule has 0 radical (unpaired) electrons. The van der Waals surface area contributed by atoms with Crippen molar-refractivity contribution in [2.24, 2.45) is 0 Å². The monoisotopic (exact) mass is 223 g/mol. The maximum atomic E-state index is 8.70. The van der Waals surface area contributed by atoms with E-state index in [9.17, 15) is 0 Å². The quantitative estimate of drug-likeness (QED) is 0.490. The Bertz CT molecular complexity index is 169. The van der Waals surface area contributed by atoms with Gasteiger partial charge in [-0.15, -0.1) is 9.79 Å². The van der Waals surface area contributed by atoms with Crippen LogP contribution in [0.2, 0.25) is 24.7 Å². The van der Waals surface area contributed by atoms with Crippen molar-refractivity contribution >= 4 is 16.3 Å². The highest BCUT2D eigenvalue weighted by molar-refractivity contribution is 7.30. The van der Waals surface area contributed by atoms with Gasteiger partial charge in [0.05, 0.1) is 8.07 Å². The molecule has 1 saturated heterocycles.